The monoisotopic (exact) mass is 383 g/mol. The molecule has 0 saturated heterocycles. The lowest BCUT2D eigenvalue weighted by molar-refractivity contribution is 0.0529. The van der Waals surface area contributed by atoms with Gasteiger partial charge in [0.2, 0.25) is 0 Å². The third-order valence-electron chi connectivity index (χ3n) is 3.97. The molecule has 0 aliphatic heterocycles. The second-order valence-corrected chi connectivity index (χ2v) is 6.78. The van der Waals surface area contributed by atoms with Crippen LogP contribution in [0.2, 0.25) is 0 Å². The van der Waals surface area contributed by atoms with Crippen molar-refractivity contribution in [2.24, 2.45) is 0 Å². The maximum absolute atomic E-state index is 13.1. The van der Waals surface area contributed by atoms with Crippen LogP contribution in [0.4, 0.5) is 9.39 Å². The van der Waals surface area contributed by atoms with E-state index >= 15 is 0 Å². The molecule has 0 bridgehead atoms. The van der Waals surface area contributed by atoms with Gasteiger partial charge >= 0.3 is 5.97 Å². The number of nitrogens with one attached hydrogen (secondary N) is 1. The average Bonchev–Trinajstić information content (AvgIpc) is 3.06. The first-order valence-corrected chi connectivity index (χ1v) is 9.30. The molecule has 6 heteroatoms. The van der Waals surface area contributed by atoms with Gasteiger partial charge in [-0.05, 0) is 43.7 Å². The number of hydrogen-bond acceptors (Lipinski definition) is 4. The molecule has 0 aliphatic rings. The van der Waals surface area contributed by atoms with E-state index in [1.54, 1.807) is 6.92 Å². The summed E-state index contributed by atoms with van der Waals surface area (Å²) in [5.41, 5.74) is 3.30. The Kier molecular flexibility index (Phi) is 5.66. The highest BCUT2D eigenvalue weighted by molar-refractivity contribution is 7.15. The Balaban J connectivity index is 1.97. The van der Waals surface area contributed by atoms with Crippen LogP contribution in [0.1, 0.15) is 33.2 Å². The van der Waals surface area contributed by atoms with Crippen LogP contribution in [0.5, 0.6) is 0 Å². The minimum atomic E-state index is -0.497. The van der Waals surface area contributed by atoms with Crippen molar-refractivity contribution in [1.82, 2.24) is 0 Å². The number of aryl methyl sites for hydroxylation is 1. The molecule has 2 aromatic carbocycles. The molecular formula is C21H18FNO3S. The van der Waals surface area contributed by atoms with Crippen LogP contribution in [0.15, 0.2) is 53.9 Å². The van der Waals surface area contributed by atoms with Gasteiger partial charge in [-0.2, -0.15) is 0 Å². The van der Waals surface area contributed by atoms with E-state index in [0.29, 0.717) is 21.7 Å². The standard InChI is InChI=1S/C21H18FNO3S/c1-3-26-21(25)18-17(14-6-4-13(2)5-7-14)12-27-20(18)23-19(24)15-8-10-16(22)11-9-15/h4-12H,3H2,1-2H3,(H,23,24). The number of halogens is 1. The van der Waals surface area contributed by atoms with Gasteiger partial charge in [0.05, 0.1) is 6.61 Å². The summed E-state index contributed by atoms with van der Waals surface area (Å²) >= 11 is 1.25. The number of ether oxygens (including phenoxy) is 1. The van der Waals surface area contributed by atoms with E-state index in [-0.39, 0.29) is 6.61 Å². The molecule has 3 rings (SSSR count). The number of hydrogen-bond donors (Lipinski definition) is 1. The first-order valence-electron chi connectivity index (χ1n) is 8.42. The van der Waals surface area contributed by atoms with Gasteiger partial charge in [-0.15, -0.1) is 11.3 Å². The minimum absolute atomic E-state index is 0.230. The molecule has 0 radical (unpaired) electrons. The summed E-state index contributed by atoms with van der Waals surface area (Å²) in [6.07, 6.45) is 0. The molecular weight excluding hydrogens is 365 g/mol. The molecule has 27 heavy (non-hydrogen) atoms. The molecule has 0 spiro atoms. The van der Waals surface area contributed by atoms with Gasteiger partial charge in [0.15, 0.2) is 0 Å². The zero-order valence-corrected chi connectivity index (χ0v) is 15.7. The summed E-state index contributed by atoms with van der Waals surface area (Å²) in [6.45, 7) is 3.94. The second kappa shape index (κ2) is 8.14. The zero-order valence-electron chi connectivity index (χ0n) is 14.9. The third-order valence-corrected chi connectivity index (χ3v) is 4.86. The van der Waals surface area contributed by atoms with Crippen LogP contribution >= 0.6 is 11.3 Å². The van der Waals surface area contributed by atoms with Gasteiger partial charge in [0.1, 0.15) is 16.4 Å². The Morgan fingerprint density at radius 2 is 1.74 bits per heavy atom. The normalized spacial score (nSPS) is 10.5. The number of rotatable bonds is 5. The van der Waals surface area contributed by atoms with E-state index in [4.69, 9.17) is 4.74 Å². The van der Waals surface area contributed by atoms with Crippen molar-refractivity contribution >= 4 is 28.2 Å². The van der Waals surface area contributed by atoms with E-state index in [1.807, 2.05) is 36.6 Å². The van der Waals surface area contributed by atoms with Crippen molar-refractivity contribution in [1.29, 1.82) is 0 Å². The molecule has 0 aliphatic carbocycles. The summed E-state index contributed by atoms with van der Waals surface area (Å²) in [7, 11) is 0. The van der Waals surface area contributed by atoms with Crippen molar-refractivity contribution in [2.75, 3.05) is 11.9 Å². The van der Waals surface area contributed by atoms with Gasteiger partial charge < -0.3 is 10.1 Å². The number of thiophene rings is 1. The number of amides is 1. The van der Waals surface area contributed by atoms with Gasteiger partial charge in [-0.25, -0.2) is 9.18 Å². The van der Waals surface area contributed by atoms with Gasteiger partial charge in [0.25, 0.3) is 5.91 Å². The average molecular weight is 383 g/mol. The summed E-state index contributed by atoms with van der Waals surface area (Å²) in [5, 5.41) is 4.96. The molecule has 0 atom stereocenters. The lowest BCUT2D eigenvalue weighted by atomic mass is 10.0. The number of carbonyl (C=O) groups is 2. The first kappa shape index (κ1) is 18.8. The zero-order chi connectivity index (χ0) is 19.4. The fraction of sp³-hybridized carbons (Fsp3) is 0.143. The molecule has 0 saturated carbocycles. The summed E-state index contributed by atoms with van der Waals surface area (Å²) in [4.78, 5) is 25.0. The molecule has 4 nitrogen and oxygen atoms in total. The van der Waals surface area contributed by atoms with E-state index in [1.165, 1.54) is 35.6 Å². The van der Waals surface area contributed by atoms with Crippen molar-refractivity contribution in [3.63, 3.8) is 0 Å². The number of carbonyl (C=O) groups excluding carboxylic acids is 2. The number of esters is 1. The molecule has 1 N–H and O–H groups in total. The summed E-state index contributed by atoms with van der Waals surface area (Å²) < 4.78 is 18.2. The predicted octanol–water partition coefficient (Wildman–Crippen LogP) is 5.29. The molecule has 0 unspecified atom stereocenters. The molecule has 1 heterocycles. The van der Waals surface area contributed by atoms with E-state index in [2.05, 4.69) is 5.32 Å². The summed E-state index contributed by atoms with van der Waals surface area (Å²) in [6, 6.07) is 13.0. The fourth-order valence-corrected chi connectivity index (χ4v) is 3.53. The Morgan fingerprint density at radius 1 is 1.07 bits per heavy atom. The van der Waals surface area contributed by atoms with Gasteiger partial charge in [-0.1, -0.05) is 29.8 Å². The van der Waals surface area contributed by atoms with Crippen LogP contribution in [0.3, 0.4) is 0 Å². The maximum Gasteiger partial charge on any atom is 0.341 e. The van der Waals surface area contributed by atoms with Crippen molar-refractivity contribution in [2.45, 2.75) is 13.8 Å². The Hall–Kier alpha value is -2.99. The highest BCUT2D eigenvalue weighted by Gasteiger charge is 2.23. The van der Waals surface area contributed by atoms with Crippen LogP contribution in [0.25, 0.3) is 11.1 Å². The van der Waals surface area contributed by atoms with Crippen LogP contribution in [0, 0.1) is 12.7 Å². The van der Waals surface area contributed by atoms with Gasteiger partial charge in [0, 0.05) is 16.5 Å². The highest BCUT2D eigenvalue weighted by Crippen LogP contribution is 2.36. The second-order valence-electron chi connectivity index (χ2n) is 5.90. The SMILES string of the molecule is CCOC(=O)c1c(-c2ccc(C)cc2)csc1NC(=O)c1ccc(F)cc1. The molecule has 1 aromatic heterocycles. The topological polar surface area (TPSA) is 55.4 Å². The smallest absolute Gasteiger partial charge is 0.341 e. The molecule has 3 aromatic rings. The van der Waals surface area contributed by atoms with Crippen molar-refractivity contribution in [3.8, 4) is 11.1 Å². The van der Waals surface area contributed by atoms with E-state index < -0.39 is 17.7 Å². The van der Waals surface area contributed by atoms with Crippen LogP contribution < -0.4 is 5.32 Å². The van der Waals surface area contributed by atoms with Crippen molar-refractivity contribution < 1.29 is 18.7 Å². The molecule has 1 amide bonds. The first-order chi connectivity index (χ1) is 13.0. The van der Waals surface area contributed by atoms with Crippen LogP contribution in [-0.2, 0) is 4.74 Å². The van der Waals surface area contributed by atoms with E-state index in [9.17, 15) is 14.0 Å². The highest BCUT2D eigenvalue weighted by atomic mass is 32.1. The quantitative estimate of drug-likeness (QED) is 0.609. The molecule has 138 valence electrons. The summed E-state index contributed by atoms with van der Waals surface area (Å²) in [5.74, 6) is -1.34. The Bertz CT molecular complexity index is 962. The lowest BCUT2D eigenvalue weighted by Gasteiger charge is -2.09. The third kappa shape index (κ3) is 4.23. The van der Waals surface area contributed by atoms with E-state index in [0.717, 1.165) is 11.1 Å². The maximum atomic E-state index is 13.1. The lowest BCUT2D eigenvalue weighted by Crippen LogP contribution is -2.14. The number of benzene rings is 2. The molecule has 0 fully saturated rings. The predicted molar refractivity (Wildman–Crippen MR) is 105 cm³/mol. The minimum Gasteiger partial charge on any atom is -0.462 e. The van der Waals surface area contributed by atoms with Crippen LogP contribution in [-0.4, -0.2) is 18.5 Å². The number of anilines is 1. The largest absolute Gasteiger partial charge is 0.462 e. The van der Waals surface area contributed by atoms with Gasteiger partial charge in [-0.3, -0.25) is 4.79 Å². The van der Waals surface area contributed by atoms with Crippen molar-refractivity contribution in [3.05, 3.63) is 76.4 Å². The fourth-order valence-electron chi connectivity index (χ4n) is 2.58. The Labute approximate surface area is 160 Å². The Morgan fingerprint density at radius 3 is 2.37 bits per heavy atom.